The second-order valence-corrected chi connectivity index (χ2v) is 5.32. The molecule has 0 saturated carbocycles. The third-order valence-electron chi connectivity index (χ3n) is 2.23. The fourth-order valence-electron chi connectivity index (χ4n) is 1.33. The molecule has 11 heteroatoms. The van der Waals surface area contributed by atoms with Gasteiger partial charge in [0.05, 0.1) is 12.2 Å². The van der Waals surface area contributed by atoms with E-state index < -0.39 is 16.0 Å². The molecule has 10 nitrogen and oxygen atoms in total. The Hall–Kier alpha value is -2.69. The third-order valence-corrected chi connectivity index (χ3v) is 3.48. The van der Waals surface area contributed by atoms with Gasteiger partial charge in [-0.25, -0.2) is 19.6 Å². The zero-order valence-corrected chi connectivity index (χ0v) is 11.6. The zero-order valence-electron chi connectivity index (χ0n) is 10.8. The van der Waals surface area contributed by atoms with E-state index in [0.29, 0.717) is 6.61 Å². The third kappa shape index (κ3) is 3.45. The first-order chi connectivity index (χ1) is 9.92. The van der Waals surface area contributed by atoms with Crippen molar-refractivity contribution in [3.63, 3.8) is 0 Å². The lowest BCUT2D eigenvalue weighted by Crippen LogP contribution is -2.15. The lowest BCUT2D eigenvalue weighted by atomic mass is 10.3. The standard InChI is InChI=1S/C10H11N5O5S/c1-2-20-10-12-9(13-14-10)15-21(18,19)7-4-3-6(5-11-7)8(16)17/h3-5H,2H2,1H3,(H,16,17)(H2,12,13,14,15). The molecule has 0 unspecified atom stereocenters. The molecule has 0 aliphatic heterocycles. The van der Waals surface area contributed by atoms with Crippen LogP contribution in [0.25, 0.3) is 0 Å². The van der Waals surface area contributed by atoms with Crippen molar-refractivity contribution in [1.82, 2.24) is 20.2 Å². The van der Waals surface area contributed by atoms with Gasteiger partial charge in [-0.3, -0.25) is 0 Å². The first-order valence-electron chi connectivity index (χ1n) is 5.69. The van der Waals surface area contributed by atoms with Crippen molar-refractivity contribution in [1.29, 1.82) is 0 Å². The molecule has 2 aromatic heterocycles. The number of nitrogens with zero attached hydrogens (tertiary/aromatic N) is 3. The van der Waals surface area contributed by atoms with Crippen LogP contribution in [-0.2, 0) is 10.0 Å². The molecule has 0 aromatic carbocycles. The SMILES string of the molecule is CCOc1n[nH]c(NS(=O)(=O)c2ccc(C(=O)O)cn2)n1. The van der Waals surface area contributed by atoms with Crippen molar-refractivity contribution in [3.05, 3.63) is 23.9 Å². The molecule has 0 aliphatic rings. The summed E-state index contributed by atoms with van der Waals surface area (Å²) in [5, 5.41) is 14.4. The Balaban J connectivity index is 2.18. The molecule has 0 radical (unpaired) electrons. The van der Waals surface area contributed by atoms with Crippen molar-refractivity contribution < 1.29 is 23.1 Å². The zero-order chi connectivity index (χ0) is 15.5. The maximum absolute atomic E-state index is 12.0. The van der Waals surface area contributed by atoms with Crippen LogP contribution in [0.15, 0.2) is 23.4 Å². The largest absolute Gasteiger partial charge is 0.478 e. The lowest BCUT2D eigenvalue weighted by molar-refractivity contribution is 0.0696. The predicted octanol–water partition coefficient (Wildman–Crippen LogP) is 0.0974. The number of carboxylic acid groups (broad SMARTS) is 1. The maximum atomic E-state index is 12.0. The van der Waals surface area contributed by atoms with E-state index in [1.165, 1.54) is 0 Å². The number of carbonyl (C=O) groups is 1. The highest BCUT2D eigenvalue weighted by Gasteiger charge is 2.19. The molecule has 2 aromatic rings. The summed E-state index contributed by atoms with van der Waals surface area (Å²) in [5.41, 5.74) is -0.118. The molecule has 2 heterocycles. The summed E-state index contributed by atoms with van der Waals surface area (Å²) in [6.07, 6.45) is 0.947. The van der Waals surface area contributed by atoms with Gasteiger partial charge in [-0.05, 0) is 19.1 Å². The van der Waals surface area contributed by atoms with E-state index in [4.69, 9.17) is 9.84 Å². The van der Waals surface area contributed by atoms with Crippen LogP contribution in [0.3, 0.4) is 0 Å². The first-order valence-corrected chi connectivity index (χ1v) is 7.18. The number of rotatable bonds is 6. The van der Waals surface area contributed by atoms with E-state index in [9.17, 15) is 13.2 Å². The minimum atomic E-state index is -4.00. The number of pyridine rings is 1. The highest BCUT2D eigenvalue weighted by atomic mass is 32.2. The fraction of sp³-hybridized carbons (Fsp3) is 0.200. The van der Waals surface area contributed by atoms with Crippen molar-refractivity contribution in [2.75, 3.05) is 11.3 Å². The normalized spacial score (nSPS) is 11.1. The molecule has 0 spiro atoms. The van der Waals surface area contributed by atoms with Crippen LogP contribution in [0.1, 0.15) is 17.3 Å². The number of H-pyrrole nitrogens is 1. The van der Waals surface area contributed by atoms with E-state index in [2.05, 4.69) is 24.9 Å². The summed E-state index contributed by atoms with van der Waals surface area (Å²) < 4.78 is 31.1. The quantitative estimate of drug-likeness (QED) is 0.680. The van der Waals surface area contributed by atoms with E-state index in [1.807, 2.05) is 0 Å². The number of anilines is 1. The minimum Gasteiger partial charge on any atom is -0.478 e. The number of ether oxygens (including phenoxy) is 1. The van der Waals surface area contributed by atoms with Crippen LogP contribution in [0.5, 0.6) is 6.01 Å². The van der Waals surface area contributed by atoms with Crippen molar-refractivity contribution >= 4 is 21.9 Å². The van der Waals surface area contributed by atoms with Gasteiger partial charge in [-0.2, -0.15) is 13.4 Å². The number of hydrogen-bond acceptors (Lipinski definition) is 7. The second-order valence-electron chi connectivity index (χ2n) is 3.70. The molecule has 0 amide bonds. The van der Waals surface area contributed by atoms with Crippen LogP contribution in [0, 0.1) is 0 Å². The molecule has 0 fully saturated rings. The van der Waals surface area contributed by atoms with Gasteiger partial charge in [-0.15, -0.1) is 5.10 Å². The molecule has 112 valence electrons. The highest BCUT2D eigenvalue weighted by Crippen LogP contribution is 2.13. The Morgan fingerprint density at radius 3 is 2.81 bits per heavy atom. The second kappa shape index (κ2) is 5.75. The number of aromatic carboxylic acids is 1. The van der Waals surface area contributed by atoms with E-state index in [0.717, 1.165) is 18.3 Å². The summed E-state index contributed by atoms with van der Waals surface area (Å²) in [6, 6.07) is 2.21. The van der Waals surface area contributed by atoms with Gasteiger partial charge in [0.25, 0.3) is 10.0 Å². The van der Waals surface area contributed by atoms with E-state index in [1.54, 1.807) is 6.92 Å². The fourth-order valence-corrected chi connectivity index (χ4v) is 2.22. The molecule has 0 saturated heterocycles. The monoisotopic (exact) mass is 313 g/mol. The average Bonchev–Trinajstić information content (AvgIpc) is 2.86. The number of hydrogen-bond donors (Lipinski definition) is 3. The van der Waals surface area contributed by atoms with Crippen molar-refractivity contribution in [2.45, 2.75) is 11.9 Å². The van der Waals surface area contributed by atoms with Gasteiger partial charge in [0.2, 0.25) is 5.95 Å². The average molecular weight is 313 g/mol. The molecular weight excluding hydrogens is 302 g/mol. The molecule has 3 N–H and O–H groups in total. The van der Waals surface area contributed by atoms with Crippen molar-refractivity contribution in [2.24, 2.45) is 0 Å². The molecule has 0 aliphatic carbocycles. The summed E-state index contributed by atoms with van der Waals surface area (Å²) in [6.45, 7) is 2.07. The number of carboxylic acids is 1. The maximum Gasteiger partial charge on any atom is 0.337 e. The van der Waals surface area contributed by atoms with Crippen LogP contribution < -0.4 is 9.46 Å². The Labute approximate surface area is 119 Å². The lowest BCUT2D eigenvalue weighted by Gasteiger charge is -2.03. The van der Waals surface area contributed by atoms with Gasteiger partial charge in [-0.1, -0.05) is 0 Å². The van der Waals surface area contributed by atoms with Gasteiger partial charge in [0.15, 0.2) is 5.03 Å². The number of aromatic amines is 1. The molecule has 2 rings (SSSR count). The number of nitrogens with one attached hydrogen (secondary N) is 2. The van der Waals surface area contributed by atoms with Gasteiger partial charge < -0.3 is 9.84 Å². The number of aromatic nitrogens is 4. The Morgan fingerprint density at radius 2 is 2.24 bits per heavy atom. The molecular formula is C10H11N5O5S. The van der Waals surface area contributed by atoms with Crippen LogP contribution in [0.2, 0.25) is 0 Å². The predicted molar refractivity (Wildman–Crippen MR) is 69.6 cm³/mol. The molecule has 21 heavy (non-hydrogen) atoms. The summed E-state index contributed by atoms with van der Waals surface area (Å²) in [7, 11) is -4.00. The van der Waals surface area contributed by atoms with Crippen molar-refractivity contribution in [3.8, 4) is 6.01 Å². The Bertz CT molecular complexity index is 739. The van der Waals surface area contributed by atoms with Gasteiger partial charge >= 0.3 is 12.0 Å². The topological polar surface area (TPSA) is 147 Å². The Morgan fingerprint density at radius 1 is 1.48 bits per heavy atom. The first kappa shape index (κ1) is 14.7. The van der Waals surface area contributed by atoms with Crippen LogP contribution in [-0.4, -0.2) is 46.3 Å². The van der Waals surface area contributed by atoms with Gasteiger partial charge in [0, 0.05) is 6.20 Å². The summed E-state index contributed by atoms with van der Waals surface area (Å²) >= 11 is 0. The van der Waals surface area contributed by atoms with Gasteiger partial charge in [0.1, 0.15) is 0 Å². The summed E-state index contributed by atoms with van der Waals surface area (Å²) in [5.74, 6) is -1.33. The molecule has 0 atom stereocenters. The van der Waals surface area contributed by atoms with Crippen LogP contribution in [0.4, 0.5) is 5.95 Å². The van der Waals surface area contributed by atoms with E-state index >= 15 is 0 Å². The number of sulfonamides is 1. The molecule has 0 bridgehead atoms. The minimum absolute atomic E-state index is 0.00406. The van der Waals surface area contributed by atoms with E-state index in [-0.39, 0.29) is 22.5 Å². The smallest absolute Gasteiger partial charge is 0.337 e. The van der Waals surface area contributed by atoms with Crippen LogP contribution >= 0.6 is 0 Å². The summed E-state index contributed by atoms with van der Waals surface area (Å²) in [4.78, 5) is 18.0. The highest BCUT2D eigenvalue weighted by molar-refractivity contribution is 7.92. The Kier molecular flexibility index (Phi) is 4.03.